The van der Waals surface area contributed by atoms with Gasteiger partial charge in [0.25, 0.3) is 0 Å². The SMILES string of the molecule is Cc1nc(CS(=O)(=O)c2ccc(F)cc2N)cs1. The highest BCUT2D eigenvalue weighted by Gasteiger charge is 2.20. The number of hydrogen-bond acceptors (Lipinski definition) is 5. The molecule has 4 nitrogen and oxygen atoms in total. The lowest BCUT2D eigenvalue weighted by Gasteiger charge is -2.06. The van der Waals surface area contributed by atoms with Gasteiger partial charge >= 0.3 is 0 Å². The Balaban J connectivity index is 2.36. The number of halogens is 1. The summed E-state index contributed by atoms with van der Waals surface area (Å²) in [7, 11) is -3.59. The molecule has 0 saturated heterocycles. The Hall–Kier alpha value is -1.47. The third-order valence-electron chi connectivity index (χ3n) is 2.31. The summed E-state index contributed by atoms with van der Waals surface area (Å²) < 4.78 is 37.1. The predicted molar refractivity (Wildman–Crippen MR) is 68.6 cm³/mol. The van der Waals surface area contributed by atoms with E-state index in [2.05, 4.69) is 4.98 Å². The second-order valence-corrected chi connectivity index (χ2v) is 6.82. The molecule has 0 aliphatic rings. The predicted octanol–water partition coefficient (Wildman–Crippen LogP) is 2.15. The summed E-state index contributed by atoms with van der Waals surface area (Å²) in [5.41, 5.74) is 5.92. The van der Waals surface area contributed by atoms with E-state index in [1.807, 2.05) is 0 Å². The number of nitrogen functional groups attached to an aromatic ring is 1. The Labute approximate surface area is 108 Å². The van der Waals surface area contributed by atoms with E-state index >= 15 is 0 Å². The van der Waals surface area contributed by atoms with Gasteiger partial charge in [-0.15, -0.1) is 11.3 Å². The van der Waals surface area contributed by atoms with Crippen LogP contribution < -0.4 is 5.73 Å². The minimum Gasteiger partial charge on any atom is -0.398 e. The van der Waals surface area contributed by atoms with E-state index in [1.54, 1.807) is 12.3 Å². The Morgan fingerprint density at radius 3 is 2.72 bits per heavy atom. The van der Waals surface area contributed by atoms with Crippen LogP contribution in [-0.4, -0.2) is 13.4 Å². The number of thiazole rings is 1. The molecule has 7 heteroatoms. The molecule has 0 bridgehead atoms. The molecule has 0 fully saturated rings. The third kappa shape index (κ3) is 2.68. The van der Waals surface area contributed by atoms with Gasteiger partial charge in [-0.25, -0.2) is 17.8 Å². The van der Waals surface area contributed by atoms with Crippen LogP contribution in [0.4, 0.5) is 10.1 Å². The first kappa shape index (κ1) is 13.0. The maximum absolute atomic E-state index is 12.9. The molecule has 0 aliphatic heterocycles. The minimum atomic E-state index is -3.59. The molecule has 0 radical (unpaired) electrons. The summed E-state index contributed by atoms with van der Waals surface area (Å²) in [6.45, 7) is 1.80. The van der Waals surface area contributed by atoms with Crippen molar-refractivity contribution in [1.29, 1.82) is 0 Å². The van der Waals surface area contributed by atoms with Gasteiger partial charge < -0.3 is 5.73 Å². The van der Waals surface area contributed by atoms with Crippen LogP contribution in [0.2, 0.25) is 0 Å². The summed E-state index contributed by atoms with van der Waals surface area (Å²) in [5, 5.41) is 2.49. The number of nitrogens with two attached hydrogens (primary N) is 1. The van der Waals surface area contributed by atoms with Gasteiger partial charge in [-0.3, -0.25) is 0 Å². The zero-order valence-electron chi connectivity index (χ0n) is 9.55. The summed E-state index contributed by atoms with van der Waals surface area (Å²) in [4.78, 5) is 4.03. The van der Waals surface area contributed by atoms with Crippen molar-refractivity contribution < 1.29 is 12.8 Å². The number of aromatic nitrogens is 1. The molecule has 0 amide bonds. The number of hydrogen-bond donors (Lipinski definition) is 1. The number of sulfone groups is 1. The van der Waals surface area contributed by atoms with Crippen molar-refractivity contribution in [3.05, 3.63) is 40.1 Å². The van der Waals surface area contributed by atoms with Crippen LogP contribution in [0.15, 0.2) is 28.5 Å². The standard InChI is InChI=1S/C11H11FN2O2S2/c1-7-14-9(5-17-7)6-18(15,16)11-3-2-8(12)4-10(11)13/h2-5H,6,13H2,1H3. The van der Waals surface area contributed by atoms with E-state index in [0.717, 1.165) is 17.1 Å². The largest absolute Gasteiger partial charge is 0.398 e. The van der Waals surface area contributed by atoms with Crippen LogP contribution in [-0.2, 0) is 15.6 Å². The monoisotopic (exact) mass is 286 g/mol. The molecule has 0 unspecified atom stereocenters. The normalized spacial score (nSPS) is 11.7. The maximum atomic E-state index is 12.9. The fourth-order valence-electron chi connectivity index (χ4n) is 1.55. The van der Waals surface area contributed by atoms with E-state index in [0.29, 0.717) is 5.69 Å². The van der Waals surface area contributed by atoms with E-state index < -0.39 is 15.7 Å². The fourth-order valence-corrected chi connectivity index (χ4v) is 3.65. The van der Waals surface area contributed by atoms with Crippen LogP contribution in [0.5, 0.6) is 0 Å². The van der Waals surface area contributed by atoms with Crippen molar-refractivity contribution in [3.8, 4) is 0 Å². The lowest BCUT2D eigenvalue weighted by Crippen LogP contribution is -2.08. The van der Waals surface area contributed by atoms with Crippen LogP contribution in [0.3, 0.4) is 0 Å². The van der Waals surface area contributed by atoms with Crippen LogP contribution in [0.25, 0.3) is 0 Å². The van der Waals surface area contributed by atoms with Gasteiger partial charge in [-0.1, -0.05) is 0 Å². The maximum Gasteiger partial charge on any atom is 0.186 e. The Kier molecular flexibility index (Phi) is 3.36. The number of anilines is 1. The molecule has 96 valence electrons. The Bertz CT molecular complexity index is 680. The Morgan fingerprint density at radius 1 is 1.44 bits per heavy atom. The molecular formula is C11H11FN2O2S2. The van der Waals surface area contributed by atoms with Crippen molar-refractivity contribution in [2.45, 2.75) is 17.6 Å². The van der Waals surface area contributed by atoms with E-state index in [1.165, 1.54) is 17.4 Å². The summed E-state index contributed by atoms with van der Waals surface area (Å²) in [6.07, 6.45) is 0. The van der Waals surface area contributed by atoms with Gasteiger partial charge in [0.15, 0.2) is 9.84 Å². The lowest BCUT2D eigenvalue weighted by molar-refractivity contribution is 0.594. The van der Waals surface area contributed by atoms with Gasteiger partial charge in [0, 0.05) is 5.38 Å². The van der Waals surface area contributed by atoms with Gasteiger partial charge in [0.2, 0.25) is 0 Å². The zero-order valence-corrected chi connectivity index (χ0v) is 11.2. The molecule has 18 heavy (non-hydrogen) atoms. The third-order valence-corrected chi connectivity index (χ3v) is 4.85. The molecular weight excluding hydrogens is 275 g/mol. The average Bonchev–Trinajstić information content (AvgIpc) is 2.62. The van der Waals surface area contributed by atoms with Crippen molar-refractivity contribution in [2.24, 2.45) is 0 Å². The van der Waals surface area contributed by atoms with Crippen molar-refractivity contribution in [3.63, 3.8) is 0 Å². The minimum absolute atomic E-state index is 0.0606. The second kappa shape index (κ2) is 4.66. The fraction of sp³-hybridized carbons (Fsp3) is 0.182. The topological polar surface area (TPSA) is 73.0 Å². The number of aryl methyl sites for hydroxylation is 1. The molecule has 0 aliphatic carbocycles. The van der Waals surface area contributed by atoms with Gasteiger partial charge in [-0.05, 0) is 25.1 Å². The van der Waals surface area contributed by atoms with E-state index in [-0.39, 0.29) is 16.3 Å². The summed E-state index contributed by atoms with van der Waals surface area (Å²) >= 11 is 1.38. The average molecular weight is 286 g/mol. The number of benzene rings is 1. The molecule has 2 N–H and O–H groups in total. The molecule has 2 rings (SSSR count). The number of rotatable bonds is 3. The van der Waals surface area contributed by atoms with Crippen LogP contribution >= 0.6 is 11.3 Å². The van der Waals surface area contributed by atoms with Crippen LogP contribution in [0, 0.1) is 12.7 Å². The molecule has 2 aromatic rings. The Morgan fingerprint density at radius 2 is 2.17 bits per heavy atom. The van der Waals surface area contributed by atoms with E-state index in [4.69, 9.17) is 5.73 Å². The molecule has 0 saturated carbocycles. The zero-order chi connectivity index (χ0) is 13.3. The first-order chi connectivity index (χ1) is 8.38. The molecule has 0 atom stereocenters. The summed E-state index contributed by atoms with van der Waals surface area (Å²) in [5.74, 6) is -0.788. The van der Waals surface area contributed by atoms with Gasteiger partial charge in [-0.2, -0.15) is 0 Å². The van der Waals surface area contributed by atoms with Crippen molar-refractivity contribution >= 4 is 26.9 Å². The van der Waals surface area contributed by atoms with Crippen molar-refractivity contribution in [2.75, 3.05) is 5.73 Å². The summed E-state index contributed by atoms with van der Waals surface area (Å²) in [6, 6.07) is 3.26. The van der Waals surface area contributed by atoms with Gasteiger partial charge in [0.1, 0.15) is 5.82 Å². The smallest absolute Gasteiger partial charge is 0.186 e. The first-order valence-corrected chi connectivity index (χ1v) is 7.60. The van der Waals surface area contributed by atoms with Gasteiger partial charge in [0.05, 0.1) is 27.0 Å². The van der Waals surface area contributed by atoms with Crippen LogP contribution in [0.1, 0.15) is 10.7 Å². The number of nitrogens with zero attached hydrogens (tertiary/aromatic N) is 1. The molecule has 0 spiro atoms. The molecule has 1 aromatic heterocycles. The van der Waals surface area contributed by atoms with E-state index in [9.17, 15) is 12.8 Å². The highest BCUT2D eigenvalue weighted by molar-refractivity contribution is 7.90. The molecule has 1 aromatic carbocycles. The highest BCUT2D eigenvalue weighted by Crippen LogP contribution is 2.23. The molecule has 1 heterocycles. The highest BCUT2D eigenvalue weighted by atomic mass is 32.2. The van der Waals surface area contributed by atoms with Crippen molar-refractivity contribution in [1.82, 2.24) is 4.98 Å². The lowest BCUT2D eigenvalue weighted by atomic mass is 10.3. The second-order valence-electron chi connectivity index (χ2n) is 3.80. The quantitative estimate of drug-likeness (QED) is 0.693. The first-order valence-electron chi connectivity index (χ1n) is 5.07.